The molecule has 0 atom stereocenters. The fourth-order valence-electron chi connectivity index (χ4n) is 1.62. The van der Waals surface area contributed by atoms with Crippen molar-refractivity contribution in [2.75, 3.05) is 31.6 Å². The molecule has 0 spiro atoms. The Hall–Kier alpha value is -0.380. The summed E-state index contributed by atoms with van der Waals surface area (Å²) in [7, 11) is 0. The predicted octanol–water partition coefficient (Wildman–Crippen LogP) is 1.94. The number of piperidine rings is 1. The molecule has 1 fully saturated rings. The van der Waals surface area contributed by atoms with Crippen LogP contribution in [-0.2, 0) is 0 Å². The van der Waals surface area contributed by atoms with Gasteiger partial charge in [0, 0.05) is 19.6 Å². The summed E-state index contributed by atoms with van der Waals surface area (Å²) < 4.78 is 0. The van der Waals surface area contributed by atoms with Crippen molar-refractivity contribution >= 4 is 17.8 Å². The quantitative estimate of drug-likeness (QED) is 0.728. The SMILES string of the molecule is CSCCCNC(=O)N1CCCCC1. The third-order valence-electron chi connectivity index (χ3n) is 2.44. The van der Waals surface area contributed by atoms with Gasteiger partial charge >= 0.3 is 6.03 Å². The van der Waals surface area contributed by atoms with Crippen molar-refractivity contribution in [1.29, 1.82) is 0 Å². The number of urea groups is 1. The second-order valence-corrected chi connectivity index (χ2v) is 4.61. The molecule has 1 N–H and O–H groups in total. The zero-order valence-electron chi connectivity index (χ0n) is 8.92. The van der Waals surface area contributed by atoms with Crippen LogP contribution < -0.4 is 5.32 Å². The molecular formula is C10H20N2OS. The molecule has 3 nitrogen and oxygen atoms in total. The molecule has 4 heteroatoms. The summed E-state index contributed by atoms with van der Waals surface area (Å²) in [6, 6.07) is 0.130. The van der Waals surface area contributed by atoms with Gasteiger partial charge in [-0.1, -0.05) is 0 Å². The molecule has 0 saturated carbocycles. The first-order chi connectivity index (χ1) is 6.84. The number of likely N-dealkylation sites (tertiary alicyclic amines) is 1. The molecular weight excluding hydrogens is 196 g/mol. The maximum Gasteiger partial charge on any atom is 0.317 e. The van der Waals surface area contributed by atoms with Gasteiger partial charge in [-0.25, -0.2) is 4.79 Å². The number of hydrogen-bond donors (Lipinski definition) is 1. The minimum Gasteiger partial charge on any atom is -0.338 e. The zero-order chi connectivity index (χ0) is 10.2. The van der Waals surface area contributed by atoms with Gasteiger partial charge in [-0.2, -0.15) is 11.8 Å². The van der Waals surface area contributed by atoms with Crippen LogP contribution >= 0.6 is 11.8 Å². The topological polar surface area (TPSA) is 32.3 Å². The molecule has 0 aromatic rings. The summed E-state index contributed by atoms with van der Waals surface area (Å²) in [6.07, 6.45) is 6.76. The Morgan fingerprint density at radius 1 is 1.36 bits per heavy atom. The summed E-state index contributed by atoms with van der Waals surface area (Å²) in [4.78, 5) is 13.5. The molecule has 0 unspecified atom stereocenters. The standard InChI is InChI=1S/C10H20N2OS/c1-14-9-5-6-11-10(13)12-7-3-2-4-8-12/h2-9H2,1H3,(H,11,13). The van der Waals surface area contributed by atoms with Crippen LogP contribution in [0.15, 0.2) is 0 Å². The average Bonchev–Trinajstić information content (AvgIpc) is 2.25. The van der Waals surface area contributed by atoms with Gasteiger partial charge in [-0.05, 0) is 37.7 Å². The number of thioether (sulfide) groups is 1. The Morgan fingerprint density at radius 2 is 2.07 bits per heavy atom. The Labute approximate surface area is 90.6 Å². The van der Waals surface area contributed by atoms with E-state index in [4.69, 9.17) is 0 Å². The molecule has 1 rings (SSSR count). The molecule has 1 aliphatic heterocycles. The zero-order valence-corrected chi connectivity index (χ0v) is 9.74. The first-order valence-electron chi connectivity index (χ1n) is 5.36. The van der Waals surface area contributed by atoms with Crippen molar-refractivity contribution < 1.29 is 4.79 Å². The van der Waals surface area contributed by atoms with Crippen molar-refractivity contribution in [1.82, 2.24) is 10.2 Å². The monoisotopic (exact) mass is 216 g/mol. The number of amides is 2. The van der Waals surface area contributed by atoms with Crippen LogP contribution in [0.1, 0.15) is 25.7 Å². The Morgan fingerprint density at radius 3 is 2.71 bits per heavy atom. The molecule has 0 aromatic carbocycles. The summed E-state index contributed by atoms with van der Waals surface area (Å²) in [5.74, 6) is 1.13. The Kier molecular flexibility index (Phi) is 5.83. The van der Waals surface area contributed by atoms with E-state index in [9.17, 15) is 4.79 Å². The van der Waals surface area contributed by atoms with Gasteiger partial charge in [0.1, 0.15) is 0 Å². The Balaban J connectivity index is 2.07. The van der Waals surface area contributed by atoms with E-state index < -0.39 is 0 Å². The normalized spacial score (nSPS) is 16.8. The molecule has 2 amide bonds. The molecule has 0 bridgehead atoms. The highest BCUT2D eigenvalue weighted by atomic mass is 32.2. The minimum atomic E-state index is 0.130. The van der Waals surface area contributed by atoms with Crippen molar-refractivity contribution in [3.8, 4) is 0 Å². The highest BCUT2D eigenvalue weighted by Gasteiger charge is 2.14. The van der Waals surface area contributed by atoms with E-state index >= 15 is 0 Å². The third kappa shape index (κ3) is 4.22. The van der Waals surface area contributed by atoms with Crippen LogP contribution in [0.5, 0.6) is 0 Å². The molecule has 0 radical (unpaired) electrons. The largest absolute Gasteiger partial charge is 0.338 e. The second kappa shape index (κ2) is 6.98. The van der Waals surface area contributed by atoms with Gasteiger partial charge in [-0.15, -0.1) is 0 Å². The van der Waals surface area contributed by atoms with Gasteiger partial charge < -0.3 is 10.2 Å². The van der Waals surface area contributed by atoms with E-state index in [1.54, 1.807) is 0 Å². The summed E-state index contributed by atoms with van der Waals surface area (Å²) >= 11 is 1.82. The van der Waals surface area contributed by atoms with Crippen molar-refractivity contribution in [2.24, 2.45) is 0 Å². The van der Waals surface area contributed by atoms with Crippen molar-refractivity contribution in [2.45, 2.75) is 25.7 Å². The summed E-state index contributed by atoms with van der Waals surface area (Å²) in [5.41, 5.74) is 0. The lowest BCUT2D eigenvalue weighted by Gasteiger charge is -2.26. The maximum absolute atomic E-state index is 11.6. The van der Waals surface area contributed by atoms with Gasteiger partial charge in [0.15, 0.2) is 0 Å². The number of rotatable bonds is 4. The van der Waals surface area contributed by atoms with E-state index in [0.29, 0.717) is 0 Å². The lowest BCUT2D eigenvalue weighted by Crippen LogP contribution is -2.43. The van der Waals surface area contributed by atoms with E-state index in [2.05, 4.69) is 11.6 Å². The first kappa shape index (κ1) is 11.7. The van der Waals surface area contributed by atoms with E-state index in [-0.39, 0.29) is 6.03 Å². The lowest BCUT2D eigenvalue weighted by molar-refractivity contribution is 0.186. The Bertz CT molecular complexity index is 170. The van der Waals surface area contributed by atoms with Crippen LogP contribution in [0.25, 0.3) is 0 Å². The molecule has 14 heavy (non-hydrogen) atoms. The van der Waals surface area contributed by atoms with Gasteiger partial charge in [0.25, 0.3) is 0 Å². The smallest absolute Gasteiger partial charge is 0.317 e. The molecule has 0 aromatic heterocycles. The summed E-state index contributed by atoms with van der Waals surface area (Å²) in [5, 5.41) is 2.96. The third-order valence-corrected chi connectivity index (χ3v) is 3.14. The maximum atomic E-state index is 11.6. The molecule has 82 valence electrons. The highest BCUT2D eigenvalue weighted by molar-refractivity contribution is 7.98. The minimum absolute atomic E-state index is 0.130. The summed E-state index contributed by atoms with van der Waals surface area (Å²) in [6.45, 7) is 2.69. The van der Waals surface area contributed by atoms with E-state index in [0.717, 1.165) is 44.6 Å². The van der Waals surface area contributed by atoms with Crippen LogP contribution in [0.3, 0.4) is 0 Å². The molecule has 1 aliphatic rings. The highest BCUT2D eigenvalue weighted by Crippen LogP contribution is 2.08. The number of nitrogens with zero attached hydrogens (tertiary/aromatic N) is 1. The first-order valence-corrected chi connectivity index (χ1v) is 6.75. The fourth-order valence-corrected chi connectivity index (χ4v) is 2.05. The van der Waals surface area contributed by atoms with Gasteiger partial charge in [-0.3, -0.25) is 0 Å². The average molecular weight is 216 g/mol. The second-order valence-electron chi connectivity index (χ2n) is 3.63. The van der Waals surface area contributed by atoms with E-state index in [1.165, 1.54) is 6.42 Å². The van der Waals surface area contributed by atoms with Crippen LogP contribution in [0, 0.1) is 0 Å². The van der Waals surface area contributed by atoms with Crippen LogP contribution in [-0.4, -0.2) is 42.6 Å². The van der Waals surface area contributed by atoms with Crippen molar-refractivity contribution in [3.63, 3.8) is 0 Å². The molecule has 0 aliphatic carbocycles. The lowest BCUT2D eigenvalue weighted by atomic mass is 10.1. The number of carbonyl (C=O) groups excluding carboxylic acids is 1. The van der Waals surface area contributed by atoms with Crippen LogP contribution in [0.4, 0.5) is 4.79 Å². The number of nitrogens with one attached hydrogen (secondary N) is 1. The van der Waals surface area contributed by atoms with Crippen molar-refractivity contribution in [3.05, 3.63) is 0 Å². The molecule has 1 saturated heterocycles. The number of carbonyl (C=O) groups is 1. The number of hydrogen-bond acceptors (Lipinski definition) is 2. The van der Waals surface area contributed by atoms with Gasteiger partial charge in [0.05, 0.1) is 0 Å². The van der Waals surface area contributed by atoms with E-state index in [1.807, 2.05) is 16.7 Å². The molecule has 1 heterocycles. The predicted molar refractivity (Wildman–Crippen MR) is 61.8 cm³/mol. The van der Waals surface area contributed by atoms with Gasteiger partial charge in [0.2, 0.25) is 0 Å². The fraction of sp³-hybridized carbons (Fsp3) is 0.900. The van der Waals surface area contributed by atoms with Crippen LogP contribution in [0.2, 0.25) is 0 Å².